The highest BCUT2D eigenvalue weighted by Gasteiger charge is 2.15. The highest BCUT2D eigenvalue weighted by Crippen LogP contribution is 2.21. The van der Waals surface area contributed by atoms with Crippen LogP contribution < -0.4 is 4.74 Å². The van der Waals surface area contributed by atoms with Gasteiger partial charge in [-0.2, -0.15) is 11.8 Å². The number of carboxylic acid groups (broad SMARTS) is 1. The van der Waals surface area contributed by atoms with Crippen LogP contribution in [-0.2, 0) is 0 Å². The van der Waals surface area contributed by atoms with Gasteiger partial charge in [-0.3, -0.25) is 4.79 Å². The summed E-state index contributed by atoms with van der Waals surface area (Å²) in [6.07, 6.45) is 0. The van der Waals surface area contributed by atoms with Crippen LogP contribution in [0.3, 0.4) is 0 Å². The van der Waals surface area contributed by atoms with E-state index in [4.69, 9.17) is 9.84 Å². The predicted molar refractivity (Wildman–Crippen MR) is 71.9 cm³/mol. The SMILES string of the molecule is CCOc1ccc(C(=O)CSCC)cc1C(=O)O. The maximum absolute atomic E-state index is 11.8. The lowest BCUT2D eigenvalue weighted by Gasteiger charge is -2.08. The lowest BCUT2D eigenvalue weighted by molar-refractivity contribution is 0.0692. The molecule has 1 rings (SSSR count). The van der Waals surface area contributed by atoms with Crippen molar-refractivity contribution < 1.29 is 19.4 Å². The number of Topliss-reactive ketones (excluding diaryl/α,β-unsaturated/α-hetero) is 1. The normalized spacial score (nSPS) is 10.1. The van der Waals surface area contributed by atoms with E-state index >= 15 is 0 Å². The Balaban J connectivity index is 2.99. The molecule has 1 aromatic rings. The van der Waals surface area contributed by atoms with Gasteiger partial charge < -0.3 is 9.84 Å². The molecule has 4 nitrogen and oxygen atoms in total. The maximum atomic E-state index is 11.8. The van der Waals surface area contributed by atoms with Gasteiger partial charge in [-0.15, -0.1) is 0 Å². The van der Waals surface area contributed by atoms with Crippen LogP contribution in [0.15, 0.2) is 18.2 Å². The molecule has 0 saturated carbocycles. The highest BCUT2D eigenvalue weighted by molar-refractivity contribution is 7.99. The molecular weight excluding hydrogens is 252 g/mol. The van der Waals surface area contributed by atoms with E-state index in [1.807, 2.05) is 6.92 Å². The molecule has 0 aliphatic heterocycles. The molecule has 18 heavy (non-hydrogen) atoms. The van der Waals surface area contributed by atoms with Gasteiger partial charge in [-0.25, -0.2) is 4.79 Å². The van der Waals surface area contributed by atoms with Gasteiger partial charge in [0.05, 0.1) is 12.4 Å². The molecule has 0 fully saturated rings. The zero-order chi connectivity index (χ0) is 13.5. The summed E-state index contributed by atoms with van der Waals surface area (Å²) in [7, 11) is 0. The number of carboxylic acids is 1. The first-order chi connectivity index (χ1) is 8.60. The van der Waals surface area contributed by atoms with Gasteiger partial charge in [-0.05, 0) is 30.9 Å². The lowest BCUT2D eigenvalue weighted by Crippen LogP contribution is -2.08. The van der Waals surface area contributed by atoms with Gasteiger partial charge in [-0.1, -0.05) is 6.92 Å². The number of thioether (sulfide) groups is 1. The third-order valence-corrected chi connectivity index (χ3v) is 3.14. The number of rotatable bonds is 7. The Bertz CT molecular complexity index is 443. The Labute approximate surface area is 110 Å². The highest BCUT2D eigenvalue weighted by atomic mass is 32.2. The van der Waals surface area contributed by atoms with Crippen LogP contribution in [0.2, 0.25) is 0 Å². The Morgan fingerprint density at radius 2 is 2.06 bits per heavy atom. The summed E-state index contributed by atoms with van der Waals surface area (Å²) in [6.45, 7) is 4.14. The second-order valence-electron chi connectivity index (χ2n) is 3.51. The number of hydrogen-bond donors (Lipinski definition) is 1. The van der Waals surface area contributed by atoms with E-state index < -0.39 is 5.97 Å². The molecule has 0 saturated heterocycles. The van der Waals surface area contributed by atoms with Crippen LogP contribution >= 0.6 is 11.8 Å². The second-order valence-corrected chi connectivity index (χ2v) is 4.78. The van der Waals surface area contributed by atoms with Crippen molar-refractivity contribution >= 4 is 23.5 Å². The largest absolute Gasteiger partial charge is 0.493 e. The molecule has 1 aromatic carbocycles. The minimum absolute atomic E-state index is 0.0317. The Morgan fingerprint density at radius 3 is 2.61 bits per heavy atom. The van der Waals surface area contributed by atoms with Gasteiger partial charge in [0.1, 0.15) is 11.3 Å². The van der Waals surface area contributed by atoms with E-state index in [1.54, 1.807) is 13.0 Å². The molecule has 0 radical (unpaired) electrons. The van der Waals surface area contributed by atoms with Crippen molar-refractivity contribution in [3.05, 3.63) is 29.3 Å². The van der Waals surface area contributed by atoms with Crippen molar-refractivity contribution in [1.29, 1.82) is 0 Å². The van der Waals surface area contributed by atoms with Crippen LogP contribution in [-0.4, -0.2) is 35.0 Å². The fraction of sp³-hybridized carbons (Fsp3) is 0.385. The van der Waals surface area contributed by atoms with Gasteiger partial charge in [0.15, 0.2) is 5.78 Å². The molecule has 0 aromatic heterocycles. The van der Waals surface area contributed by atoms with E-state index in [-0.39, 0.29) is 11.3 Å². The summed E-state index contributed by atoms with van der Waals surface area (Å²) in [6, 6.07) is 4.53. The number of ketones is 1. The molecule has 0 unspecified atom stereocenters. The maximum Gasteiger partial charge on any atom is 0.339 e. The summed E-state index contributed by atoms with van der Waals surface area (Å²) in [4.78, 5) is 22.9. The van der Waals surface area contributed by atoms with Crippen molar-refractivity contribution in [3.63, 3.8) is 0 Å². The summed E-state index contributed by atoms with van der Waals surface area (Å²) in [5.74, 6) is 0.367. The monoisotopic (exact) mass is 268 g/mol. The Hall–Kier alpha value is -1.49. The van der Waals surface area contributed by atoms with Crippen molar-refractivity contribution in [3.8, 4) is 5.75 Å². The van der Waals surface area contributed by atoms with E-state index in [0.29, 0.717) is 23.7 Å². The number of ether oxygens (including phenoxy) is 1. The standard InChI is InChI=1S/C13H16O4S/c1-3-17-12-6-5-9(7-10(12)13(15)16)11(14)8-18-4-2/h5-7H,3-4,8H2,1-2H3,(H,15,16). The van der Waals surface area contributed by atoms with Crippen molar-refractivity contribution in [2.24, 2.45) is 0 Å². The van der Waals surface area contributed by atoms with E-state index in [9.17, 15) is 9.59 Å². The number of aromatic carboxylic acids is 1. The van der Waals surface area contributed by atoms with Gasteiger partial charge >= 0.3 is 5.97 Å². The zero-order valence-electron chi connectivity index (χ0n) is 10.4. The summed E-state index contributed by atoms with van der Waals surface area (Å²) < 4.78 is 5.22. The first-order valence-electron chi connectivity index (χ1n) is 5.71. The third-order valence-electron chi connectivity index (χ3n) is 2.27. The third kappa shape index (κ3) is 3.77. The number of hydrogen-bond acceptors (Lipinski definition) is 4. The van der Waals surface area contributed by atoms with Crippen molar-refractivity contribution in [2.45, 2.75) is 13.8 Å². The Morgan fingerprint density at radius 1 is 1.33 bits per heavy atom. The first kappa shape index (κ1) is 14.6. The van der Waals surface area contributed by atoms with Crippen LogP contribution in [0.5, 0.6) is 5.75 Å². The number of carbonyl (C=O) groups is 2. The minimum atomic E-state index is -1.09. The number of carbonyl (C=O) groups excluding carboxylic acids is 1. The molecule has 0 bridgehead atoms. The van der Waals surface area contributed by atoms with Crippen LogP contribution in [0.4, 0.5) is 0 Å². The van der Waals surface area contributed by atoms with E-state index in [0.717, 1.165) is 5.75 Å². The number of benzene rings is 1. The first-order valence-corrected chi connectivity index (χ1v) is 6.86. The van der Waals surface area contributed by atoms with Crippen LogP contribution in [0.1, 0.15) is 34.6 Å². The second kappa shape index (κ2) is 7.06. The Kier molecular flexibility index (Phi) is 5.71. The fourth-order valence-corrected chi connectivity index (χ4v) is 1.99. The topological polar surface area (TPSA) is 63.6 Å². The summed E-state index contributed by atoms with van der Waals surface area (Å²) in [5, 5.41) is 9.08. The van der Waals surface area contributed by atoms with Gasteiger partial charge in [0.2, 0.25) is 0 Å². The van der Waals surface area contributed by atoms with Crippen LogP contribution in [0, 0.1) is 0 Å². The lowest BCUT2D eigenvalue weighted by atomic mass is 10.1. The molecule has 5 heteroatoms. The molecule has 0 amide bonds. The van der Waals surface area contributed by atoms with E-state index in [1.165, 1.54) is 23.9 Å². The minimum Gasteiger partial charge on any atom is -0.493 e. The van der Waals surface area contributed by atoms with Crippen molar-refractivity contribution in [1.82, 2.24) is 0 Å². The average molecular weight is 268 g/mol. The zero-order valence-corrected chi connectivity index (χ0v) is 11.3. The van der Waals surface area contributed by atoms with Crippen molar-refractivity contribution in [2.75, 3.05) is 18.1 Å². The predicted octanol–water partition coefficient (Wildman–Crippen LogP) is 2.72. The summed E-state index contributed by atoms with van der Waals surface area (Å²) in [5.41, 5.74) is 0.445. The molecule has 0 atom stereocenters. The quantitative estimate of drug-likeness (QED) is 0.770. The molecule has 0 heterocycles. The smallest absolute Gasteiger partial charge is 0.339 e. The fourth-order valence-electron chi connectivity index (χ4n) is 1.43. The van der Waals surface area contributed by atoms with Gasteiger partial charge in [0, 0.05) is 5.56 Å². The molecule has 0 aliphatic rings. The molecule has 98 valence electrons. The van der Waals surface area contributed by atoms with E-state index in [2.05, 4.69) is 0 Å². The molecule has 0 aliphatic carbocycles. The van der Waals surface area contributed by atoms with Crippen LogP contribution in [0.25, 0.3) is 0 Å². The summed E-state index contributed by atoms with van der Waals surface area (Å²) >= 11 is 1.51. The van der Waals surface area contributed by atoms with Gasteiger partial charge in [0.25, 0.3) is 0 Å². The molecule has 1 N–H and O–H groups in total. The molecule has 0 spiro atoms. The average Bonchev–Trinajstić information content (AvgIpc) is 2.36. The molecular formula is C13H16O4S.